The van der Waals surface area contributed by atoms with Gasteiger partial charge in [-0.25, -0.2) is 0 Å². The quantitative estimate of drug-likeness (QED) is 0.634. The Bertz CT molecular complexity index is 291. The summed E-state index contributed by atoms with van der Waals surface area (Å²) in [6.45, 7) is -0.258. The lowest BCUT2D eigenvalue weighted by atomic mass is 10.3. The van der Waals surface area contributed by atoms with Gasteiger partial charge in [-0.05, 0) is 12.1 Å². The number of carbonyl (C=O) groups excluding carboxylic acids is 1. The van der Waals surface area contributed by atoms with Crippen molar-refractivity contribution in [1.82, 2.24) is 5.32 Å². The zero-order valence-electron chi connectivity index (χ0n) is 6.82. The van der Waals surface area contributed by atoms with Crippen LogP contribution in [0.15, 0.2) is 22.8 Å². The van der Waals surface area contributed by atoms with Crippen LogP contribution in [0.4, 0.5) is 0 Å². The predicted molar refractivity (Wildman–Crippen MR) is 43.5 cm³/mol. The average Bonchev–Trinajstić information content (AvgIpc) is 2.55. The minimum absolute atomic E-state index is 0.0280. The van der Waals surface area contributed by atoms with Crippen LogP contribution in [0, 0.1) is 0 Å². The maximum Gasteiger partial charge on any atom is 0.317 e. The summed E-state index contributed by atoms with van der Waals surface area (Å²) in [5, 5.41) is 10.7. The molecule has 0 fully saturated rings. The van der Waals surface area contributed by atoms with Gasteiger partial charge < -0.3 is 9.52 Å². The summed E-state index contributed by atoms with van der Waals surface area (Å²) in [5.41, 5.74) is 0. The summed E-state index contributed by atoms with van der Waals surface area (Å²) < 4.78 is 4.82. The third-order valence-electron chi connectivity index (χ3n) is 1.36. The van der Waals surface area contributed by atoms with E-state index in [1.54, 1.807) is 6.07 Å². The molecule has 1 heterocycles. The fraction of sp³-hybridized carbons (Fsp3) is 0.250. The molecule has 0 spiro atoms. The van der Waals surface area contributed by atoms with Gasteiger partial charge >= 0.3 is 5.97 Å². The second-order valence-corrected chi connectivity index (χ2v) is 2.40. The molecule has 0 aliphatic heterocycles. The van der Waals surface area contributed by atoms with Crippen LogP contribution in [0.3, 0.4) is 0 Å². The number of ketones is 1. The van der Waals surface area contributed by atoms with Gasteiger partial charge in [0.2, 0.25) is 5.78 Å². The number of nitrogens with one attached hydrogen (secondary N) is 1. The zero-order chi connectivity index (χ0) is 9.68. The van der Waals surface area contributed by atoms with E-state index in [4.69, 9.17) is 9.52 Å². The summed E-state index contributed by atoms with van der Waals surface area (Å²) >= 11 is 0. The first-order chi connectivity index (χ1) is 6.20. The standard InChI is InChI=1S/C8H9NO4/c10-6(4-9-5-8(11)12)7-2-1-3-13-7/h1-3,9H,4-5H2,(H,11,12). The van der Waals surface area contributed by atoms with Crippen molar-refractivity contribution in [3.05, 3.63) is 24.2 Å². The molecule has 0 amide bonds. The molecule has 0 atom stereocenters. The minimum atomic E-state index is -0.993. The maximum absolute atomic E-state index is 11.1. The maximum atomic E-state index is 11.1. The molecule has 1 aromatic heterocycles. The van der Waals surface area contributed by atoms with E-state index in [1.165, 1.54) is 12.3 Å². The zero-order valence-corrected chi connectivity index (χ0v) is 6.82. The molecule has 0 aliphatic carbocycles. The molecule has 0 unspecified atom stereocenters. The van der Waals surface area contributed by atoms with E-state index in [2.05, 4.69) is 5.32 Å². The number of furan rings is 1. The number of hydrogen-bond donors (Lipinski definition) is 2. The van der Waals surface area contributed by atoms with Crippen LogP contribution in [-0.2, 0) is 4.79 Å². The molecular formula is C8H9NO4. The molecule has 0 bridgehead atoms. The molecule has 70 valence electrons. The van der Waals surface area contributed by atoms with Gasteiger partial charge in [-0.3, -0.25) is 14.9 Å². The lowest BCUT2D eigenvalue weighted by Gasteiger charge is -1.97. The van der Waals surface area contributed by atoms with Crippen molar-refractivity contribution < 1.29 is 19.1 Å². The lowest BCUT2D eigenvalue weighted by Crippen LogP contribution is -2.28. The van der Waals surface area contributed by atoms with Gasteiger partial charge in [-0.1, -0.05) is 0 Å². The first-order valence-corrected chi connectivity index (χ1v) is 3.69. The van der Waals surface area contributed by atoms with Gasteiger partial charge in [-0.2, -0.15) is 0 Å². The third kappa shape index (κ3) is 3.08. The molecule has 2 N–H and O–H groups in total. The average molecular weight is 183 g/mol. The normalized spacial score (nSPS) is 9.85. The highest BCUT2D eigenvalue weighted by Gasteiger charge is 2.07. The number of carboxylic acids is 1. The SMILES string of the molecule is O=C(O)CNCC(=O)c1ccco1. The van der Waals surface area contributed by atoms with Gasteiger partial charge in [0.05, 0.1) is 19.4 Å². The molecule has 0 aliphatic rings. The van der Waals surface area contributed by atoms with Crippen molar-refractivity contribution in [2.75, 3.05) is 13.1 Å². The minimum Gasteiger partial charge on any atom is -0.480 e. The molecule has 0 aromatic carbocycles. The van der Waals surface area contributed by atoms with Crippen molar-refractivity contribution in [2.24, 2.45) is 0 Å². The van der Waals surface area contributed by atoms with Crippen molar-refractivity contribution in [3.63, 3.8) is 0 Å². The second-order valence-electron chi connectivity index (χ2n) is 2.40. The highest BCUT2D eigenvalue weighted by Crippen LogP contribution is 1.99. The van der Waals surface area contributed by atoms with Crippen LogP contribution in [0.1, 0.15) is 10.6 Å². The molecule has 0 saturated heterocycles. The third-order valence-corrected chi connectivity index (χ3v) is 1.36. The Balaban J connectivity index is 2.31. The topological polar surface area (TPSA) is 79.5 Å². The van der Waals surface area contributed by atoms with E-state index in [-0.39, 0.29) is 24.6 Å². The summed E-state index contributed by atoms with van der Waals surface area (Å²) in [5.74, 6) is -1.02. The predicted octanol–water partition coefficient (Wildman–Crippen LogP) is 0.136. The smallest absolute Gasteiger partial charge is 0.317 e. The fourth-order valence-corrected chi connectivity index (χ4v) is 0.807. The molecule has 0 radical (unpaired) electrons. The van der Waals surface area contributed by atoms with E-state index in [9.17, 15) is 9.59 Å². The number of carbonyl (C=O) groups is 2. The van der Waals surface area contributed by atoms with Crippen LogP contribution in [0.25, 0.3) is 0 Å². The monoisotopic (exact) mass is 183 g/mol. The highest BCUT2D eigenvalue weighted by atomic mass is 16.4. The molecule has 5 heteroatoms. The van der Waals surface area contributed by atoms with Crippen molar-refractivity contribution in [2.45, 2.75) is 0 Å². The van der Waals surface area contributed by atoms with Crippen molar-refractivity contribution in [1.29, 1.82) is 0 Å². The number of rotatable bonds is 5. The Hall–Kier alpha value is -1.62. The van der Waals surface area contributed by atoms with E-state index < -0.39 is 5.97 Å². The van der Waals surface area contributed by atoms with Crippen molar-refractivity contribution in [3.8, 4) is 0 Å². The number of aliphatic carboxylic acids is 1. The van der Waals surface area contributed by atoms with E-state index in [0.29, 0.717) is 0 Å². The van der Waals surface area contributed by atoms with Gasteiger partial charge in [0.25, 0.3) is 0 Å². The Morgan fingerprint density at radius 3 is 2.77 bits per heavy atom. The Kier molecular flexibility index (Phi) is 3.22. The van der Waals surface area contributed by atoms with Crippen LogP contribution in [0.5, 0.6) is 0 Å². The Morgan fingerprint density at radius 2 is 2.23 bits per heavy atom. The molecule has 1 aromatic rings. The molecule has 1 rings (SSSR count). The Morgan fingerprint density at radius 1 is 1.46 bits per heavy atom. The van der Waals surface area contributed by atoms with Gasteiger partial charge in [-0.15, -0.1) is 0 Å². The van der Waals surface area contributed by atoms with Crippen molar-refractivity contribution >= 4 is 11.8 Å². The van der Waals surface area contributed by atoms with Gasteiger partial charge in [0.15, 0.2) is 5.76 Å². The number of hydrogen-bond acceptors (Lipinski definition) is 4. The summed E-state index contributed by atoms with van der Waals surface area (Å²) in [7, 11) is 0. The van der Waals surface area contributed by atoms with Gasteiger partial charge in [0.1, 0.15) is 0 Å². The number of carboxylic acid groups (broad SMARTS) is 1. The van der Waals surface area contributed by atoms with E-state index >= 15 is 0 Å². The summed E-state index contributed by atoms with van der Waals surface area (Å²) in [6, 6.07) is 3.13. The second kappa shape index (κ2) is 4.42. The molecular weight excluding hydrogens is 174 g/mol. The largest absolute Gasteiger partial charge is 0.480 e. The Labute approximate surface area is 74.4 Å². The fourth-order valence-electron chi connectivity index (χ4n) is 0.807. The van der Waals surface area contributed by atoms with Crippen LogP contribution in [0.2, 0.25) is 0 Å². The molecule has 5 nitrogen and oxygen atoms in total. The van der Waals surface area contributed by atoms with E-state index in [0.717, 1.165) is 0 Å². The highest BCUT2D eigenvalue weighted by molar-refractivity contribution is 5.95. The van der Waals surface area contributed by atoms with Crippen LogP contribution in [-0.4, -0.2) is 29.9 Å². The molecule has 13 heavy (non-hydrogen) atoms. The van der Waals surface area contributed by atoms with Crippen LogP contribution >= 0.6 is 0 Å². The van der Waals surface area contributed by atoms with E-state index in [1.807, 2.05) is 0 Å². The van der Waals surface area contributed by atoms with Gasteiger partial charge in [0, 0.05) is 0 Å². The first-order valence-electron chi connectivity index (χ1n) is 3.69. The summed E-state index contributed by atoms with van der Waals surface area (Å²) in [6.07, 6.45) is 1.39. The van der Waals surface area contributed by atoms with Crippen LogP contribution < -0.4 is 5.32 Å². The lowest BCUT2D eigenvalue weighted by molar-refractivity contribution is -0.135. The first kappa shape index (κ1) is 9.47. The molecule has 0 saturated carbocycles. The number of Topliss-reactive ketones (excluding diaryl/α,β-unsaturated/α-hetero) is 1. The summed E-state index contributed by atoms with van der Waals surface area (Å²) in [4.78, 5) is 21.2.